The predicted molar refractivity (Wildman–Crippen MR) is 57.3 cm³/mol. The molecule has 0 aromatic carbocycles. The first kappa shape index (κ1) is 10.4. The summed E-state index contributed by atoms with van der Waals surface area (Å²) in [5.74, 6) is 0. The zero-order chi connectivity index (χ0) is 9.80. The number of likely N-dealkylation sites (tertiary alicyclic amines) is 1. The lowest BCUT2D eigenvalue weighted by molar-refractivity contribution is 0.129. The van der Waals surface area contributed by atoms with Crippen molar-refractivity contribution in [2.45, 2.75) is 44.2 Å². The van der Waals surface area contributed by atoms with Crippen molar-refractivity contribution >= 4 is 0 Å². The van der Waals surface area contributed by atoms with Crippen molar-refractivity contribution in [1.29, 1.82) is 0 Å². The van der Waals surface area contributed by atoms with Crippen LogP contribution >= 0.6 is 0 Å². The molecule has 2 heterocycles. The molecule has 3 heteroatoms. The van der Waals surface area contributed by atoms with Gasteiger partial charge in [0.1, 0.15) is 0 Å². The summed E-state index contributed by atoms with van der Waals surface area (Å²) in [6.07, 6.45) is 6.23. The number of rotatable bonds is 3. The molecular weight excluding hydrogens is 176 g/mol. The average Bonchev–Trinajstić information content (AvgIpc) is 2.68. The van der Waals surface area contributed by atoms with Crippen LogP contribution in [0.25, 0.3) is 0 Å². The van der Waals surface area contributed by atoms with E-state index < -0.39 is 0 Å². The van der Waals surface area contributed by atoms with Crippen LogP contribution in [0.1, 0.15) is 32.1 Å². The third-order valence-corrected chi connectivity index (χ3v) is 3.62. The van der Waals surface area contributed by atoms with Gasteiger partial charge in [-0.25, -0.2) is 0 Å². The molecule has 0 radical (unpaired) electrons. The smallest absolute Gasteiger partial charge is 0.0445 e. The van der Waals surface area contributed by atoms with Gasteiger partial charge in [0, 0.05) is 25.2 Å². The Hall–Kier alpha value is -0.120. The second-order valence-electron chi connectivity index (χ2n) is 4.55. The van der Waals surface area contributed by atoms with Gasteiger partial charge in [-0.15, -0.1) is 0 Å². The zero-order valence-electron chi connectivity index (χ0n) is 8.91. The molecule has 3 nitrogen and oxygen atoms in total. The van der Waals surface area contributed by atoms with Crippen LogP contribution in [0, 0.1) is 0 Å². The van der Waals surface area contributed by atoms with Crippen LogP contribution in [-0.4, -0.2) is 48.3 Å². The minimum Gasteiger partial charge on any atom is -0.396 e. The lowest BCUT2D eigenvalue weighted by Crippen LogP contribution is -2.48. The van der Waals surface area contributed by atoms with Crippen molar-refractivity contribution in [3.05, 3.63) is 0 Å². The number of aliphatic hydroxyl groups excluding tert-OH is 1. The molecule has 2 aliphatic rings. The molecule has 14 heavy (non-hydrogen) atoms. The summed E-state index contributed by atoms with van der Waals surface area (Å²) < 4.78 is 0. The number of hydrogen-bond acceptors (Lipinski definition) is 3. The highest BCUT2D eigenvalue weighted by atomic mass is 16.3. The van der Waals surface area contributed by atoms with Gasteiger partial charge in [0.25, 0.3) is 0 Å². The monoisotopic (exact) mass is 198 g/mol. The quantitative estimate of drug-likeness (QED) is 0.696. The molecule has 0 aliphatic carbocycles. The van der Waals surface area contributed by atoms with E-state index in [2.05, 4.69) is 10.2 Å². The van der Waals surface area contributed by atoms with Gasteiger partial charge in [0.05, 0.1) is 0 Å². The molecule has 2 aliphatic heterocycles. The molecule has 2 rings (SSSR count). The lowest BCUT2D eigenvalue weighted by atomic mass is 10.0. The normalized spacial score (nSPS) is 34.9. The van der Waals surface area contributed by atoms with Gasteiger partial charge in [0.15, 0.2) is 0 Å². The van der Waals surface area contributed by atoms with E-state index in [1.807, 2.05) is 0 Å². The summed E-state index contributed by atoms with van der Waals surface area (Å²) in [6.45, 7) is 3.94. The summed E-state index contributed by atoms with van der Waals surface area (Å²) in [5, 5.41) is 12.5. The Morgan fingerprint density at radius 2 is 2.21 bits per heavy atom. The van der Waals surface area contributed by atoms with E-state index in [-0.39, 0.29) is 0 Å². The molecule has 0 amide bonds. The lowest BCUT2D eigenvalue weighted by Gasteiger charge is -2.35. The summed E-state index contributed by atoms with van der Waals surface area (Å²) >= 11 is 0. The van der Waals surface area contributed by atoms with E-state index in [0.717, 1.165) is 19.0 Å². The van der Waals surface area contributed by atoms with Gasteiger partial charge in [0.2, 0.25) is 0 Å². The van der Waals surface area contributed by atoms with Crippen molar-refractivity contribution in [2.24, 2.45) is 0 Å². The highest BCUT2D eigenvalue weighted by Gasteiger charge is 2.30. The molecule has 0 saturated carbocycles. The Balaban J connectivity index is 1.87. The largest absolute Gasteiger partial charge is 0.396 e. The minimum absolute atomic E-state index is 0.349. The van der Waals surface area contributed by atoms with E-state index in [4.69, 9.17) is 5.11 Å². The Morgan fingerprint density at radius 3 is 2.93 bits per heavy atom. The third-order valence-electron chi connectivity index (χ3n) is 3.62. The van der Waals surface area contributed by atoms with Crippen molar-refractivity contribution in [1.82, 2.24) is 10.2 Å². The Morgan fingerprint density at radius 1 is 1.29 bits per heavy atom. The fraction of sp³-hybridized carbons (Fsp3) is 1.00. The van der Waals surface area contributed by atoms with Crippen LogP contribution in [0.5, 0.6) is 0 Å². The summed E-state index contributed by atoms with van der Waals surface area (Å²) in [5.41, 5.74) is 0. The van der Waals surface area contributed by atoms with Crippen LogP contribution in [0.4, 0.5) is 0 Å². The molecule has 0 aromatic heterocycles. The first-order valence-corrected chi connectivity index (χ1v) is 5.99. The van der Waals surface area contributed by atoms with Crippen LogP contribution in [0.3, 0.4) is 0 Å². The van der Waals surface area contributed by atoms with Gasteiger partial charge < -0.3 is 10.4 Å². The van der Waals surface area contributed by atoms with E-state index in [0.29, 0.717) is 12.6 Å². The van der Waals surface area contributed by atoms with E-state index in [9.17, 15) is 0 Å². The summed E-state index contributed by atoms with van der Waals surface area (Å²) in [4.78, 5) is 2.63. The van der Waals surface area contributed by atoms with Gasteiger partial charge in [-0.3, -0.25) is 4.90 Å². The molecule has 82 valence electrons. The van der Waals surface area contributed by atoms with E-state index >= 15 is 0 Å². The standard InChI is InChI=1S/C11H22N2O/c14-8-5-10-4-2-7-13(10)11-3-1-6-12-9-11/h10-12,14H,1-9H2. The van der Waals surface area contributed by atoms with Gasteiger partial charge in [-0.2, -0.15) is 0 Å². The molecule has 0 spiro atoms. The average molecular weight is 198 g/mol. The Bertz CT molecular complexity index is 169. The first-order chi connectivity index (χ1) is 6.92. The Kier molecular flexibility index (Phi) is 3.79. The van der Waals surface area contributed by atoms with Crippen LogP contribution in [-0.2, 0) is 0 Å². The maximum Gasteiger partial charge on any atom is 0.0445 e. The highest BCUT2D eigenvalue weighted by Crippen LogP contribution is 2.25. The fourth-order valence-corrected chi connectivity index (χ4v) is 2.91. The second kappa shape index (κ2) is 5.10. The molecule has 2 N–H and O–H groups in total. The highest BCUT2D eigenvalue weighted by molar-refractivity contribution is 4.87. The van der Waals surface area contributed by atoms with Crippen molar-refractivity contribution < 1.29 is 5.11 Å². The van der Waals surface area contributed by atoms with Gasteiger partial charge in [-0.1, -0.05) is 0 Å². The van der Waals surface area contributed by atoms with E-state index in [1.165, 1.54) is 38.8 Å². The minimum atomic E-state index is 0.349. The molecular formula is C11H22N2O. The molecule has 2 unspecified atom stereocenters. The Labute approximate surface area is 86.5 Å². The van der Waals surface area contributed by atoms with E-state index in [1.54, 1.807) is 0 Å². The maximum absolute atomic E-state index is 9.00. The number of nitrogens with zero attached hydrogens (tertiary/aromatic N) is 1. The SMILES string of the molecule is OCCC1CCCN1C1CCCNC1. The van der Waals surface area contributed by atoms with Crippen molar-refractivity contribution in [2.75, 3.05) is 26.2 Å². The van der Waals surface area contributed by atoms with Crippen LogP contribution < -0.4 is 5.32 Å². The van der Waals surface area contributed by atoms with Crippen molar-refractivity contribution in [3.63, 3.8) is 0 Å². The number of aliphatic hydroxyl groups is 1. The second-order valence-corrected chi connectivity index (χ2v) is 4.55. The molecule has 2 atom stereocenters. The zero-order valence-corrected chi connectivity index (χ0v) is 8.91. The maximum atomic E-state index is 9.00. The number of piperidine rings is 1. The van der Waals surface area contributed by atoms with Crippen LogP contribution in [0.2, 0.25) is 0 Å². The first-order valence-electron chi connectivity index (χ1n) is 5.99. The van der Waals surface area contributed by atoms with Crippen molar-refractivity contribution in [3.8, 4) is 0 Å². The number of hydrogen-bond donors (Lipinski definition) is 2. The predicted octanol–water partition coefficient (Wildman–Crippen LogP) is 0.585. The van der Waals surface area contributed by atoms with Gasteiger partial charge >= 0.3 is 0 Å². The third kappa shape index (κ3) is 2.27. The molecule has 2 fully saturated rings. The molecule has 2 saturated heterocycles. The summed E-state index contributed by atoms with van der Waals surface area (Å²) in [6, 6.07) is 1.40. The van der Waals surface area contributed by atoms with Gasteiger partial charge in [-0.05, 0) is 45.2 Å². The molecule has 0 bridgehead atoms. The number of nitrogens with one attached hydrogen (secondary N) is 1. The molecule has 0 aromatic rings. The fourth-order valence-electron chi connectivity index (χ4n) is 2.91. The van der Waals surface area contributed by atoms with Crippen LogP contribution in [0.15, 0.2) is 0 Å². The summed E-state index contributed by atoms with van der Waals surface area (Å²) in [7, 11) is 0. The topological polar surface area (TPSA) is 35.5 Å².